The van der Waals surface area contributed by atoms with Crippen molar-refractivity contribution in [3.05, 3.63) is 0 Å². The van der Waals surface area contributed by atoms with Crippen molar-refractivity contribution < 1.29 is 28.7 Å². The first-order valence-corrected chi connectivity index (χ1v) is 13.0. The number of carbonyl (C=O) groups excluding carboxylic acids is 4. The van der Waals surface area contributed by atoms with Gasteiger partial charge in [-0.1, -0.05) is 35.4 Å². The highest BCUT2D eigenvalue weighted by molar-refractivity contribution is 14.1. The Balaban J connectivity index is 1.85. The van der Waals surface area contributed by atoms with Crippen LogP contribution in [0.4, 0.5) is 4.79 Å². The number of hydrogen-bond acceptors (Lipinski definition) is 6. The minimum atomic E-state index is -0.137. The second kappa shape index (κ2) is 18.7. The monoisotopic (exact) mass is 583 g/mol. The highest BCUT2D eigenvalue weighted by Crippen LogP contribution is 2.11. The lowest BCUT2D eigenvalue weighted by molar-refractivity contribution is -0.122. The van der Waals surface area contributed by atoms with Gasteiger partial charge in [-0.05, 0) is 19.8 Å². The quantitative estimate of drug-likeness (QED) is 0.0835. The Morgan fingerprint density at radius 3 is 2.03 bits per heavy atom. The molecule has 0 unspecified atom stereocenters. The number of ether oxygens (including phenoxy) is 2. The largest absolute Gasteiger partial charge is 0.377 e. The van der Waals surface area contributed by atoms with E-state index < -0.39 is 0 Å². The second-order valence-electron chi connectivity index (χ2n) is 7.77. The zero-order valence-electron chi connectivity index (χ0n) is 19.4. The fourth-order valence-corrected chi connectivity index (χ4v) is 3.45. The third-order valence-electron chi connectivity index (χ3n) is 5.00. The smallest absolute Gasteiger partial charge is 0.315 e. The molecule has 0 aromatic carbocycles. The van der Waals surface area contributed by atoms with E-state index in [9.17, 15) is 19.2 Å². The molecule has 0 saturated carbocycles. The van der Waals surface area contributed by atoms with Gasteiger partial charge in [-0.3, -0.25) is 14.4 Å². The Labute approximate surface area is 209 Å². The Morgan fingerprint density at radius 2 is 1.42 bits per heavy atom. The van der Waals surface area contributed by atoms with E-state index in [1.165, 1.54) is 0 Å². The van der Waals surface area contributed by atoms with E-state index in [1.54, 1.807) is 0 Å². The maximum absolute atomic E-state index is 11.9. The number of urea groups is 1. The van der Waals surface area contributed by atoms with Gasteiger partial charge in [-0.15, -0.1) is 0 Å². The Kier molecular flexibility index (Phi) is 16.7. The summed E-state index contributed by atoms with van der Waals surface area (Å²) in [5.41, 5.74) is 0. The number of alkyl halides is 1. The Morgan fingerprint density at radius 1 is 0.818 bits per heavy atom. The molecular weight excluding hydrogens is 545 g/mol. The molecular formula is C21H38IN5O6. The lowest BCUT2D eigenvalue weighted by atomic mass is 10.0. The zero-order valence-corrected chi connectivity index (χ0v) is 21.5. The fraction of sp³-hybridized carbons (Fsp3) is 0.810. The molecule has 0 aliphatic carbocycles. The molecule has 1 aliphatic heterocycles. The van der Waals surface area contributed by atoms with Crippen molar-refractivity contribution in [2.24, 2.45) is 0 Å². The van der Waals surface area contributed by atoms with Crippen LogP contribution >= 0.6 is 22.6 Å². The van der Waals surface area contributed by atoms with Gasteiger partial charge in [-0.25, -0.2) is 4.79 Å². The predicted octanol–water partition coefficient (Wildman–Crippen LogP) is 0.214. The molecule has 0 aromatic heterocycles. The highest BCUT2D eigenvalue weighted by atomic mass is 127. The van der Waals surface area contributed by atoms with Crippen LogP contribution in [-0.4, -0.2) is 86.3 Å². The molecule has 1 heterocycles. The van der Waals surface area contributed by atoms with Gasteiger partial charge in [0.1, 0.15) is 0 Å². The third-order valence-corrected chi connectivity index (χ3v) is 5.70. The van der Waals surface area contributed by atoms with Crippen LogP contribution in [0.25, 0.3) is 0 Å². The molecule has 5 amide bonds. The normalized spacial score (nSPS) is 17.2. The number of rotatable bonds is 19. The number of hydrogen-bond donors (Lipinski definition) is 5. The molecule has 2 atom stereocenters. The molecule has 0 spiro atoms. The Hall–Kier alpha value is -1.67. The number of nitrogens with one attached hydrogen (secondary N) is 5. The average Bonchev–Trinajstić information content (AvgIpc) is 3.11. The first kappa shape index (κ1) is 29.4. The topological polar surface area (TPSA) is 147 Å². The summed E-state index contributed by atoms with van der Waals surface area (Å²) in [5, 5.41) is 13.9. The highest BCUT2D eigenvalue weighted by Gasteiger charge is 2.26. The molecule has 0 radical (unpaired) electrons. The van der Waals surface area contributed by atoms with Crippen molar-refractivity contribution in [2.45, 2.75) is 57.5 Å². The van der Waals surface area contributed by atoms with E-state index in [2.05, 4.69) is 26.6 Å². The van der Waals surface area contributed by atoms with Crippen molar-refractivity contribution in [1.82, 2.24) is 26.6 Å². The molecule has 1 fully saturated rings. The third kappa shape index (κ3) is 15.7. The number of unbranched alkanes of at least 4 members (excludes halogenated alkanes) is 2. The SMILES string of the molecule is C[C@H]1NC(=O)N[C@@H]1CCCCCC(=O)NCCC(=O)NCCOCCOCCNC(=O)CI. The molecule has 0 aromatic rings. The summed E-state index contributed by atoms with van der Waals surface area (Å²) >= 11 is 2.00. The summed E-state index contributed by atoms with van der Waals surface area (Å²) in [6.45, 7) is 4.82. The van der Waals surface area contributed by atoms with Crippen LogP contribution in [0.2, 0.25) is 0 Å². The van der Waals surface area contributed by atoms with Crippen LogP contribution in [-0.2, 0) is 23.9 Å². The van der Waals surface area contributed by atoms with Gasteiger partial charge in [0.05, 0.1) is 36.9 Å². The summed E-state index contributed by atoms with van der Waals surface area (Å²) in [6.07, 6.45) is 4.23. The average molecular weight is 583 g/mol. The van der Waals surface area contributed by atoms with Crippen molar-refractivity contribution in [3.63, 3.8) is 0 Å². The van der Waals surface area contributed by atoms with E-state index in [4.69, 9.17) is 9.47 Å². The lowest BCUT2D eigenvalue weighted by Crippen LogP contribution is -2.32. The maximum Gasteiger partial charge on any atom is 0.315 e. The molecule has 11 nitrogen and oxygen atoms in total. The molecule has 0 bridgehead atoms. The van der Waals surface area contributed by atoms with Crippen molar-refractivity contribution in [3.8, 4) is 0 Å². The van der Waals surface area contributed by atoms with E-state index in [-0.39, 0.29) is 42.3 Å². The second-order valence-corrected chi connectivity index (χ2v) is 8.53. The van der Waals surface area contributed by atoms with Gasteiger partial charge in [0.15, 0.2) is 0 Å². The van der Waals surface area contributed by atoms with Gasteiger partial charge in [0.2, 0.25) is 17.7 Å². The van der Waals surface area contributed by atoms with Crippen LogP contribution in [0, 0.1) is 0 Å². The van der Waals surface area contributed by atoms with Gasteiger partial charge >= 0.3 is 6.03 Å². The summed E-state index contributed by atoms with van der Waals surface area (Å²) < 4.78 is 11.1. The first-order chi connectivity index (χ1) is 15.9. The molecule has 5 N–H and O–H groups in total. The summed E-state index contributed by atoms with van der Waals surface area (Å²) in [7, 11) is 0. The van der Waals surface area contributed by atoms with E-state index in [1.807, 2.05) is 29.5 Å². The van der Waals surface area contributed by atoms with Crippen LogP contribution in [0.1, 0.15) is 45.4 Å². The predicted molar refractivity (Wildman–Crippen MR) is 132 cm³/mol. The van der Waals surface area contributed by atoms with E-state index in [0.717, 1.165) is 25.7 Å². The van der Waals surface area contributed by atoms with Gasteiger partial charge < -0.3 is 36.1 Å². The summed E-state index contributed by atoms with van der Waals surface area (Å²) in [6, 6.07) is 0.193. The molecule has 1 saturated heterocycles. The van der Waals surface area contributed by atoms with Gasteiger partial charge in [0.25, 0.3) is 0 Å². The molecule has 190 valence electrons. The first-order valence-electron chi connectivity index (χ1n) is 11.5. The summed E-state index contributed by atoms with van der Waals surface area (Å²) in [5.74, 6) is -0.200. The molecule has 33 heavy (non-hydrogen) atoms. The van der Waals surface area contributed by atoms with E-state index in [0.29, 0.717) is 56.9 Å². The van der Waals surface area contributed by atoms with Crippen LogP contribution in [0.15, 0.2) is 0 Å². The minimum absolute atomic E-state index is 0.0122. The number of carbonyl (C=O) groups is 4. The number of halogens is 1. The minimum Gasteiger partial charge on any atom is -0.377 e. The molecule has 1 aliphatic rings. The molecule has 12 heteroatoms. The van der Waals surface area contributed by atoms with Gasteiger partial charge in [-0.2, -0.15) is 0 Å². The molecule has 1 rings (SSSR count). The summed E-state index contributed by atoms with van der Waals surface area (Å²) in [4.78, 5) is 45.9. The Bertz CT molecular complexity index is 610. The van der Waals surface area contributed by atoms with Crippen LogP contribution < -0.4 is 26.6 Å². The van der Waals surface area contributed by atoms with Crippen molar-refractivity contribution >= 4 is 46.3 Å². The maximum atomic E-state index is 11.9. The zero-order chi connectivity index (χ0) is 24.3. The van der Waals surface area contributed by atoms with Crippen molar-refractivity contribution in [2.75, 3.05) is 50.5 Å². The number of amides is 5. The van der Waals surface area contributed by atoms with Crippen molar-refractivity contribution in [1.29, 1.82) is 0 Å². The standard InChI is InChI=1S/C21H38IN5O6/c1-16-17(27-21(31)26-16)5-3-2-4-6-18(28)23-8-7-19(29)24-9-11-32-13-14-33-12-10-25-20(30)15-22/h16-17H,2-15H2,1H3,(H,23,28)(H,24,29)(H,25,30)(H2,26,27,31)/t16-,17-/m1/s1. The van der Waals surface area contributed by atoms with Crippen LogP contribution in [0.5, 0.6) is 0 Å². The van der Waals surface area contributed by atoms with Crippen LogP contribution in [0.3, 0.4) is 0 Å². The fourth-order valence-electron chi connectivity index (χ4n) is 3.18. The lowest BCUT2D eigenvalue weighted by Gasteiger charge is -2.13. The van der Waals surface area contributed by atoms with Gasteiger partial charge in [0, 0.05) is 38.5 Å². The van der Waals surface area contributed by atoms with E-state index >= 15 is 0 Å².